The summed E-state index contributed by atoms with van der Waals surface area (Å²) in [7, 11) is 0. The second-order valence-electron chi connectivity index (χ2n) is 5.63. The van der Waals surface area contributed by atoms with E-state index in [0.29, 0.717) is 5.82 Å². The molecule has 0 spiro atoms. The van der Waals surface area contributed by atoms with Crippen LogP contribution in [0.15, 0.2) is 6.33 Å². The number of rotatable bonds is 3. The Labute approximate surface area is 122 Å². The van der Waals surface area contributed by atoms with Crippen LogP contribution in [-0.2, 0) is 9.53 Å². The van der Waals surface area contributed by atoms with Gasteiger partial charge in [0.2, 0.25) is 0 Å². The topological polar surface area (TPSA) is 64.1 Å². The Kier molecular flexibility index (Phi) is 3.94. The van der Waals surface area contributed by atoms with Crippen molar-refractivity contribution in [2.24, 2.45) is 0 Å². The van der Waals surface area contributed by atoms with Crippen LogP contribution in [0.5, 0.6) is 0 Å². The van der Waals surface area contributed by atoms with E-state index in [2.05, 4.69) is 22.2 Å². The van der Waals surface area contributed by atoms with Crippen molar-refractivity contribution < 1.29 is 9.53 Å². The van der Waals surface area contributed by atoms with Crippen molar-refractivity contribution in [3.8, 4) is 0 Å². The summed E-state index contributed by atoms with van der Waals surface area (Å²) in [5, 5.41) is 4.03. The van der Waals surface area contributed by atoms with Crippen LogP contribution >= 0.6 is 11.3 Å². The number of nitrogens with zero attached hydrogens (tertiary/aromatic N) is 2. The minimum absolute atomic E-state index is 0.0950. The quantitative estimate of drug-likeness (QED) is 0.881. The zero-order valence-electron chi connectivity index (χ0n) is 12.4. The fraction of sp³-hybridized carbons (Fsp3) is 0.500. The van der Waals surface area contributed by atoms with Crippen molar-refractivity contribution >= 4 is 33.3 Å². The molecule has 0 saturated carbocycles. The Bertz CT molecular complexity index is 644. The van der Waals surface area contributed by atoms with Gasteiger partial charge >= 0.3 is 5.97 Å². The van der Waals surface area contributed by atoms with Gasteiger partial charge in [-0.3, -0.25) is 4.79 Å². The Balaban J connectivity index is 2.16. The molecular weight excluding hydrogens is 274 g/mol. The van der Waals surface area contributed by atoms with Crippen LogP contribution in [0.2, 0.25) is 0 Å². The predicted octanol–water partition coefficient (Wildman–Crippen LogP) is 3.06. The molecule has 2 aromatic heterocycles. The van der Waals surface area contributed by atoms with Gasteiger partial charge in [-0.2, -0.15) is 0 Å². The van der Waals surface area contributed by atoms with E-state index in [9.17, 15) is 4.79 Å². The van der Waals surface area contributed by atoms with Crippen molar-refractivity contribution in [3.63, 3.8) is 0 Å². The fourth-order valence-electron chi connectivity index (χ4n) is 1.85. The summed E-state index contributed by atoms with van der Waals surface area (Å²) >= 11 is 1.63. The number of ether oxygens (including phenoxy) is 1. The number of aromatic nitrogens is 2. The highest BCUT2D eigenvalue weighted by Crippen LogP contribution is 2.32. The minimum Gasteiger partial charge on any atom is -0.459 e. The van der Waals surface area contributed by atoms with Crippen molar-refractivity contribution in [1.29, 1.82) is 0 Å². The molecular formula is C14H19N3O2S. The molecule has 0 fully saturated rings. The van der Waals surface area contributed by atoms with E-state index in [1.54, 1.807) is 11.3 Å². The van der Waals surface area contributed by atoms with Gasteiger partial charge in [0.1, 0.15) is 29.1 Å². The Morgan fingerprint density at radius 3 is 2.70 bits per heavy atom. The van der Waals surface area contributed by atoms with Gasteiger partial charge in [0, 0.05) is 4.88 Å². The molecule has 0 bridgehead atoms. The summed E-state index contributed by atoms with van der Waals surface area (Å²) < 4.78 is 5.26. The highest BCUT2D eigenvalue weighted by Gasteiger charge is 2.17. The van der Waals surface area contributed by atoms with Gasteiger partial charge in [-0.05, 0) is 40.2 Å². The summed E-state index contributed by atoms with van der Waals surface area (Å²) in [4.78, 5) is 22.4. The largest absolute Gasteiger partial charge is 0.459 e. The third-order valence-electron chi connectivity index (χ3n) is 2.79. The Morgan fingerprint density at radius 2 is 2.05 bits per heavy atom. The number of esters is 1. The van der Waals surface area contributed by atoms with E-state index in [4.69, 9.17) is 4.74 Å². The van der Waals surface area contributed by atoms with Crippen LogP contribution in [0.4, 0.5) is 5.82 Å². The van der Waals surface area contributed by atoms with Crippen LogP contribution in [-0.4, -0.2) is 28.1 Å². The molecule has 2 heterocycles. The first-order valence-electron chi connectivity index (χ1n) is 6.44. The number of carbonyl (C=O) groups excluding carboxylic acids is 1. The lowest BCUT2D eigenvalue weighted by atomic mass is 10.2. The molecule has 0 unspecified atom stereocenters. The summed E-state index contributed by atoms with van der Waals surface area (Å²) in [5.74, 6) is 0.386. The zero-order valence-corrected chi connectivity index (χ0v) is 13.2. The first-order chi connectivity index (χ1) is 9.28. The number of hydrogen-bond acceptors (Lipinski definition) is 6. The molecule has 20 heavy (non-hydrogen) atoms. The first-order valence-corrected chi connectivity index (χ1v) is 7.26. The molecule has 1 N–H and O–H groups in total. The van der Waals surface area contributed by atoms with E-state index >= 15 is 0 Å². The Hall–Kier alpha value is -1.69. The molecule has 0 aliphatic carbocycles. The molecule has 0 saturated heterocycles. The van der Waals surface area contributed by atoms with Gasteiger partial charge in [-0.1, -0.05) is 0 Å². The summed E-state index contributed by atoms with van der Waals surface area (Å²) in [6.07, 6.45) is 1.51. The molecule has 6 heteroatoms. The van der Waals surface area contributed by atoms with Gasteiger partial charge in [0.15, 0.2) is 0 Å². The maximum Gasteiger partial charge on any atom is 0.325 e. The smallest absolute Gasteiger partial charge is 0.325 e. The fourth-order valence-corrected chi connectivity index (χ4v) is 2.85. The third kappa shape index (κ3) is 3.25. The van der Waals surface area contributed by atoms with Gasteiger partial charge < -0.3 is 10.1 Å². The molecule has 2 aromatic rings. The lowest BCUT2D eigenvalue weighted by Crippen LogP contribution is -2.28. The zero-order chi connectivity index (χ0) is 14.9. The third-order valence-corrected chi connectivity index (χ3v) is 3.90. The first kappa shape index (κ1) is 14.7. The number of hydrogen-bond donors (Lipinski definition) is 1. The number of thiophene rings is 1. The van der Waals surface area contributed by atoms with Crippen LogP contribution < -0.4 is 5.32 Å². The van der Waals surface area contributed by atoms with Gasteiger partial charge in [-0.15, -0.1) is 11.3 Å². The van der Waals surface area contributed by atoms with Crippen molar-refractivity contribution in [3.05, 3.63) is 16.8 Å². The van der Waals surface area contributed by atoms with Crippen LogP contribution in [0.3, 0.4) is 0 Å². The number of carbonyl (C=O) groups is 1. The molecule has 2 rings (SSSR count). The van der Waals surface area contributed by atoms with E-state index in [-0.39, 0.29) is 12.5 Å². The molecule has 0 aromatic carbocycles. The monoisotopic (exact) mass is 293 g/mol. The number of fused-ring (bicyclic) bond motifs is 1. The summed E-state index contributed by atoms with van der Waals surface area (Å²) in [5.41, 5.74) is 0.673. The van der Waals surface area contributed by atoms with E-state index in [0.717, 1.165) is 15.8 Å². The Morgan fingerprint density at radius 1 is 1.35 bits per heavy atom. The lowest BCUT2D eigenvalue weighted by Gasteiger charge is -2.19. The van der Waals surface area contributed by atoms with Crippen molar-refractivity contribution in [1.82, 2.24) is 9.97 Å². The van der Waals surface area contributed by atoms with Crippen LogP contribution in [0.1, 0.15) is 31.2 Å². The van der Waals surface area contributed by atoms with E-state index in [1.807, 2.05) is 27.7 Å². The van der Waals surface area contributed by atoms with Gasteiger partial charge in [0.25, 0.3) is 0 Å². The molecule has 0 aliphatic heterocycles. The molecule has 0 aliphatic rings. The van der Waals surface area contributed by atoms with E-state index in [1.165, 1.54) is 11.2 Å². The number of nitrogens with one attached hydrogen (secondary N) is 1. The minimum atomic E-state index is -0.478. The van der Waals surface area contributed by atoms with Crippen LogP contribution in [0.25, 0.3) is 10.2 Å². The number of anilines is 1. The SMILES string of the molecule is Cc1sc2ncnc(NCC(=O)OC(C)(C)C)c2c1C. The van der Waals surface area contributed by atoms with Crippen LogP contribution in [0, 0.1) is 13.8 Å². The highest BCUT2D eigenvalue weighted by molar-refractivity contribution is 7.18. The average Bonchev–Trinajstić information content (AvgIpc) is 2.61. The predicted molar refractivity (Wildman–Crippen MR) is 81.2 cm³/mol. The second-order valence-corrected chi connectivity index (χ2v) is 6.83. The maximum atomic E-state index is 11.7. The molecule has 0 radical (unpaired) electrons. The van der Waals surface area contributed by atoms with E-state index < -0.39 is 5.60 Å². The standard InChI is InChI=1S/C14H19N3O2S/c1-8-9(2)20-13-11(8)12(16-7-17-13)15-6-10(18)19-14(3,4)5/h7H,6H2,1-5H3,(H,15,16,17). The second kappa shape index (κ2) is 5.36. The normalized spacial score (nSPS) is 11.7. The highest BCUT2D eigenvalue weighted by atomic mass is 32.1. The molecule has 108 valence electrons. The lowest BCUT2D eigenvalue weighted by molar-refractivity contribution is -0.152. The average molecular weight is 293 g/mol. The molecule has 5 nitrogen and oxygen atoms in total. The van der Waals surface area contributed by atoms with Crippen molar-refractivity contribution in [2.45, 2.75) is 40.2 Å². The molecule has 0 atom stereocenters. The van der Waals surface area contributed by atoms with Gasteiger partial charge in [0.05, 0.1) is 5.39 Å². The maximum absolute atomic E-state index is 11.7. The van der Waals surface area contributed by atoms with Gasteiger partial charge in [-0.25, -0.2) is 9.97 Å². The summed E-state index contributed by atoms with van der Waals surface area (Å²) in [6, 6.07) is 0. The molecule has 0 amide bonds. The summed E-state index contributed by atoms with van der Waals surface area (Å²) in [6.45, 7) is 9.73. The van der Waals surface area contributed by atoms with Crippen molar-refractivity contribution in [2.75, 3.05) is 11.9 Å². The number of aryl methyl sites for hydroxylation is 2.